The molecule has 0 fully saturated rings. The zero-order valence-electron chi connectivity index (χ0n) is 7.88. The van der Waals surface area contributed by atoms with Gasteiger partial charge in [0.05, 0.1) is 0 Å². The third-order valence-corrected chi connectivity index (χ3v) is 1.28. The Morgan fingerprint density at radius 3 is 2.00 bits per heavy atom. The molecule has 1 aromatic carbocycles. The van der Waals surface area contributed by atoms with E-state index < -0.39 is 0 Å². The first-order chi connectivity index (χ1) is 5.76. The third-order valence-electron chi connectivity index (χ3n) is 1.28. The fourth-order valence-electron chi connectivity index (χ4n) is 0.720. The number of para-hydroxylation sites is 1. The molecule has 4 N–H and O–H groups in total. The van der Waals surface area contributed by atoms with Crippen LogP contribution in [0.1, 0.15) is 25.8 Å². The van der Waals surface area contributed by atoms with Crippen LogP contribution in [0.4, 0.5) is 5.69 Å². The first-order valence-corrected chi connectivity index (χ1v) is 4.29. The predicted molar refractivity (Wildman–Crippen MR) is 54.7 cm³/mol. The van der Waals surface area contributed by atoms with Gasteiger partial charge in [0, 0.05) is 12.2 Å². The minimum absolute atomic E-state index is 0.521. The lowest BCUT2D eigenvalue weighted by Crippen LogP contribution is -2.00. The number of rotatable bonds is 1. The summed E-state index contributed by atoms with van der Waals surface area (Å²) in [5.41, 5.74) is 12.7. The van der Waals surface area contributed by atoms with Gasteiger partial charge in [-0.05, 0) is 11.6 Å². The number of hydrogen-bond acceptors (Lipinski definition) is 2. The summed E-state index contributed by atoms with van der Waals surface area (Å²) in [7, 11) is 0. The third kappa shape index (κ3) is 3.98. The van der Waals surface area contributed by atoms with E-state index in [2.05, 4.69) is 13.8 Å². The standard InChI is InChI=1S/C7H10N2.C3H8/c8-5-6-3-1-2-4-7(6)9;1-3-2/h1-4H,5,8-9H2;3H2,1-2H3. The largest absolute Gasteiger partial charge is 0.398 e. The summed E-state index contributed by atoms with van der Waals surface area (Å²) in [6, 6.07) is 7.60. The van der Waals surface area contributed by atoms with Crippen molar-refractivity contribution >= 4 is 5.69 Å². The lowest BCUT2D eigenvalue weighted by molar-refractivity contribution is 1.08. The lowest BCUT2D eigenvalue weighted by atomic mass is 10.2. The maximum Gasteiger partial charge on any atom is 0.0359 e. The van der Waals surface area contributed by atoms with Crippen molar-refractivity contribution < 1.29 is 0 Å². The summed E-state index contributed by atoms with van der Waals surface area (Å²) < 4.78 is 0. The number of benzene rings is 1. The van der Waals surface area contributed by atoms with Gasteiger partial charge in [0.25, 0.3) is 0 Å². The first kappa shape index (κ1) is 11.0. The van der Waals surface area contributed by atoms with Gasteiger partial charge in [-0.15, -0.1) is 0 Å². The second-order valence-electron chi connectivity index (χ2n) is 2.61. The van der Waals surface area contributed by atoms with E-state index >= 15 is 0 Å². The number of anilines is 1. The molecule has 0 saturated heterocycles. The molecule has 0 spiro atoms. The van der Waals surface area contributed by atoms with E-state index in [0.29, 0.717) is 6.54 Å². The monoisotopic (exact) mass is 166 g/mol. The van der Waals surface area contributed by atoms with Gasteiger partial charge in [-0.25, -0.2) is 0 Å². The van der Waals surface area contributed by atoms with Crippen molar-refractivity contribution in [3.8, 4) is 0 Å². The smallest absolute Gasteiger partial charge is 0.0359 e. The van der Waals surface area contributed by atoms with Crippen LogP contribution < -0.4 is 11.5 Å². The van der Waals surface area contributed by atoms with Crippen molar-refractivity contribution in [2.45, 2.75) is 26.8 Å². The summed E-state index contributed by atoms with van der Waals surface area (Å²) in [4.78, 5) is 0. The molecule has 0 heterocycles. The van der Waals surface area contributed by atoms with E-state index in [1.54, 1.807) is 0 Å². The van der Waals surface area contributed by atoms with Crippen LogP contribution in [0.2, 0.25) is 0 Å². The molecule has 1 rings (SSSR count). The second-order valence-corrected chi connectivity index (χ2v) is 2.61. The van der Waals surface area contributed by atoms with Crippen LogP contribution in [0.25, 0.3) is 0 Å². The Kier molecular flexibility index (Phi) is 6.11. The summed E-state index contributed by atoms with van der Waals surface area (Å²) in [6.45, 7) is 4.77. The van der Waals surface area contributed by atoms with Crippen LogP contribution in [0.3, 0.4) is 0 Å². The average molecular weight is 166 g/mol. The van der Waals surface area contributed by atoms with E-state index in [1.165, 1.54) is 6.42 Å². The quantitative estimate of drug-likeness (QED) is 0.628. The zero-order valence-corrected chi connectivity index (χ0v) is 7.88. The molecule has 2 heteroatoms. The molecule has 0 amide bonds. The fourth-order valence-corrected chi connectivity index (χ4v) is 0.720. The van der Waals surface area contributed by atoms with Crippen molar-refractivity contribution in [3.05, 3.63) is 29.8 Å². The van der Waals surface area contributed by atoms with Gasteiger partial charge in [-0.3, -0.25) is 0 Å². The van der Waals surface area contributed by atoms with E-state index in [0.717, 1.165) is 11.3 Å². The SMILES string of the molecule is CCC.NCc1ccccc1N. The van der Waals surface area contributed by atoms with E-state index in [9.17, 15) is 0 Å². The van der Waals surface area contributed by atoms with Gasteiger partial charge < -0.3 is 11.5 Å². The molecule has 0 saturated carbocycles. The Bertz CT molecular complexity index is 209. The molecule has 2 nitrogen and oxygen atoms in total. The maximum absolute atomic E-state index is 5.55. The highest BCUT2D eigenvalue weighted by molar-refractivity contribution is 5.45. The highest BCUT2D eigenvalue weighted by Crippen LogP contribution is 2.07. The van der Waals surface area contributed by atoms with Gasteiger partial charge in [0.2, 0.25) is 0 Å². The Balaban J connectivity index is 0.000000354. The second kappa shape index (κ2) is 6.68. The van der Waals surface area contributed by atoms with Crippen molar-refractivity contribution in [1.29, 1.82) is 0 Å². The Morgan fingerprint density at radius 2 is 1.67 bits per heavy atom. The van der Waals surface area contributed by atoms with Gasteiger partial charge in [0.1, 0.15) is 0 Å². The number of hydrogen-bond donors (Lipinski definition) is 2. The molecule has 0 aliphatic heterocycles. The van der Waals surface area contributed by atoms with Gasteiger partial charge in [0.15, 0.2) is 0 Å². The Labute approximate surface area is 74.6 Å². The van der Waals surface area contributed by atoms with Gasteiger partial charge in [-0.2, -0.15) is 0 Å². The summed E-state index contributed by atoms with van der Waals surface area (Å²) in [5.74, 6) is 0. The van der Waals surface area contributed by atoms with Crippen LogP contribution in [-0.4, -0.2) is 0 Å². The molecule has 0 aliphatic carbocycles. The number of nitrogens with two attached hydrogens (primary N) is 2. The molecular formula is C10H18N2. The molecule has 0 atom stereocenters. The fraction of sp³-hybridized carbons (Fsp3) is 0.400. The van der Waals surface area contributed by atoms with Gasteiger partial charge >= 0.3 is 0 Å². The molecule has 1 aromatic rings. The van der Waals surface area contributed by atoms with Crippen molar-refractivity contribution in [2.75, 3.05) is 5.73 Å². The topological polar surface area (TPSA) is 52.0 Å². The zero-order chi connectivity index (χ0) is 9.40. The molecule has 12 heavy (non-hydrogen) atoms. The molecular weight excluding hydrogens is 148 g/mol. The maximum atomic E-state index is 5.55. The normalized spacial score (nSPS) is 8.58. The molecule has 0 radical (unpaired) electrons. The molecule has 0 aliphatic rings. The van der Waals surface area contributed by atoms with Crippen LogP contribution in [-0.2, 0) is 6.54 Å². The van der Waals surface area contributed by atoms with E-state index in [-0.39, 0.29) is 0 Å². The Morgan fingerprint density at radius 1 is 1.17 bits per heavy atom. The molecule has 0 unspecified atom stereocenters. The van der Waals surface area contributed by atoms with Crippen molar-refractivity contribution in [3.63, 3.8) is 0 Å². The predicted octanol–water partition coefficient (Wildman–Crippen LogP) is 2.14. The van der Waals surface area contributed by atoms with Gasteiger partial charge in [-0.1, -0.05) is 38.5 Å². The summed E-state index contributed by atoms with van der Waals surface area (Å²) in [6.07, 6.45) is 1.25. The summed E-state index contributed by atoms with van der Waals surface area (Å²) in [5, 5.41) is 0. The lowest BCUT2D eigenvalue weighted by Gasteiger charge is -1.98. The minimum atomic E-state index is 0.521. The molecule has 0 bridgehead atoms. The van der Waals surface area contributed by atoms with Crippen molar-refractivity contribution in [1.82, 2.24) is 0 Å². The van der Waals surface area contributed by atoms with E-state index in [4.69, 9.17) is 11.5 Å². The van der Waals surface area contributed by atoms with Crippen LogP contribution in [0.15, 0.2) is 24.3 Å². The van der Waals surface area contributed by atoms with Crippen LogP contribution in [0.5, 0.6) is 0 Å². The van der Waals surface area contributed by atoms with Crippen LogP contribution in [0, 0.1) is 0 Å². The highest BCUT2D eigenvalue weighted by atomic mass is 14.6. The first-order valence-electron chi connectivity index (χ1n) is 4.29. The van der Waals surface area contributed by atoms with Crippen molar-refractivity contribution in [2.24, 2.45) is 5.73 Å². The Hall–Kier alpha value is -1.02. The summed E-state index contributed by atoms with van der Waals surface area (Å²) >= 11 is 0. The van der Waals surface area contributed by atoms with Crippen LogP contribution >= 0.6 is 0 Å². The highest BCUT2D eigenvalue weighted by Gasteiger charge is 1.90. The molecule has 68 valence electrons. The number of nitrogen functional groups attached to an aromatic ring is 1. The van der Waals surface area contributed by atoms with E-state index in [1.807, 2.05) is 24.3 Å². The average Bonchev–Trinajstić information content (AvgIpc) is 2.07. The minimum Gasteiger partial charge on any atom is -0.398 e. The molecule has 0 aromatic heterocycles.